The Morgan fingerprint density at radius 2 is 1.53 bits per heavy atom. The van der Waals surface area contributed by atoms with Crippen LogP contribution in [0.2, 0.25) is 0 Å². The molecule has 1 aliphatic rings. The van der Waals surface area contributed by atoms with Crippen LogP contribution < -0.4 is 15.2 Å². The SMILES string of the molecule is COc1ccc(S(=O)(=O)N2CCN(c3ccc(=O)n(-c4ccccc4)n3)CC2)cc1. The second kappa shape index (κ2) is 8.29. The van der Waals surface area contributed by atoms with Gasteiger partial charge < -0.3 is 9.64 Å². The predicted molar refractivity (Wildman–Crippen MR) is 114 cm³/mol. The van der Waals surface area contributed by atoms with Crippen LogP contribution in [0, 0.1) is 0 Å². The second-order valence-electron chi connectivity index (χ2n) is 6.84. The lowest BCUT2D eigenvalue weighted by atomic mass is 10.3. The Balaban J connectivity index is 1.50. The number of aromatic nitrogens is 2. The van der Waals surface area contributed by atoms with Crippen molar-refractivity contribution in [2.24, 2.45) is 0 Å². The highest BCUT2D eigenvalue weighted by Crippen LogP contribution is 2.22. The first-order valence-corrected chi connectivity index (χ1v) is 11.0. The van der Waals surface area contributed by atoms with Crippen molar-refractivity contribution >= 4 is 15.8 Å². The maximum atomic E-state index is 12.9. The molecule has 1 aliphatic heterocycles. The van der Waals surface area contributed by atoms with Gasteiger partial charge >= 0.3 is 0 Å². The van der Waals surface area contributed by atoms with E-state index in [2.05, 4.69) is 5.10 Å². The van der Waals surface area contributed by atoms with Crippen LogP contribution in [0.4, 0.5) is 5.82 Å². The van der Waals surface area contributed by atoms with Gasteiger partial charge in [-0.05, 0) is 42.5 Å². The molecule has 1 saturated heterocycles. The topological polar surface area (TPSA) is 84.7 Å². The highest BCUT2D eigenvalue weighted by molar-refractivity contribution is 7.89. The Morgan fingerprint density at radius 1 is 0.867 bits per heavy atom. The van der Waals surface area contributed by atoms with Crippen molar-refractivity contribution in [2.75, 3.05) is 38.2 Å². The number of anilines is 1. The van der Waals surface area contributed by atoms with Gasteiger partial charge in [0.25, 0.3) is 5.56 Å². The van der Waals surface area contributed by atoms with Gasteiger partial charge in [0, 0.05) is 32.2 Å². The molecule has 0 atom stereocenters. The summed E-state index contributed by atoms with van der Waals surface area (Å²) in [5.74, 6) is 1.25. The lowest BCUT2D eigenvalue weighted by Crippen LogP contribution is -2.49. The van der Waals surface area contributed by atoms with E-state index < -0.39 is 10.0 Å². The van der Waals surface area contributed by atoms with Crippen LogP contribution in [-0.2, 0) is 10.0 Å². The fourth-order valence-corrected chi connectivity index (χ4v) is 4.80. The van der Waals surface area contributed by atoms with Crippen LogP contribution in [0.25, 0.3) is 5.69 Å². The van der Waals surface area contributed by atoms with Crippen LogP contribution in [0.3, 0.4) is 0 Å². The number of piperazine rings is 1. The Morgan fingerprint density at radius 3 is 2.17 bits per heavy atom. The Labute approximate surface area is 175 Å². The maximum Gasteiger partial charge on any atom is 0.271 e. The molecule has 0 aliphatic carbocycles. The van der Waals surface area contributed by atoms with Crippen LogP contribution in [-0.4, -0.2) is 55.8 Å². The number of benzene rings is 2. The fraction of sp³-hybridized carbons (Fsp3) is 0.238. The van der Waals surface area contributed by atoms with Gasteiger partial charge in [0.2, 0.25) is 10.0 Å². The third-order valence-electron chi connectivity index (χ3n) is 5.05. The second-order valence-corrected chi connectivity index (χ2v) is 8.78. The molecule has 2 aromatic carbocycles. The van der Waals surface area contributed by atoms with Crippen molar-refractivity contribution in [3.63, 3.8) is 0 Å². The van der Waals surface area contributed by atoms with Crippen molar-refractivity contribution in [1.82, 2.24) is 14.1 Å². The summed E-state index contributed by atoms with van der Waals surface area (Å²) in [6, 6.07) is 18.7. The molecule has 2 heterocycles. The summed E-state index contributed by atoms with van der Waals surface area (Å²) in [7, 11) is -2.04. The summed E-state index contributed by atoms with van der Waals surface area (Å²) in [6.45, 7) is 1.63. The molecule has 4 rings (SSSR count). The molecule has 30 heavy (non-hydrogen) atoms. The number of rotatable bonds is 5. The number of methoxy groups -OCH3 is 1. The number of hydrogen-bond donors (Lipinski definition) is 0. The van der Waals surface area contributed by atoms with E-state index in [-0.39, 0.29) is 10.5 Å². The Bertz CT molecular complexity index is 1170. The molecule has 8 nitrogen and oxygen atoms in total. The van der Waals surface area contributed by atoms with Gasteiger partial charge in [0.15, 0.2) is 0 Å². The first-order valence-electron chi connectivity index (χ1n) is 9.54. The van der Waals surface area contributed by atoms with Crippen molar-refractivity contribution < 1.29 is 13.2 Å². The molecule has 0 unspecified atom stereocenters. The van der Waals surface area contributed by atoms with E-state index in [0.717, 1.165) is 0 Å². The zero-order valence-corrected chi connectivity index (χ0v) is 17.3. The number of para-hydroxylation sites is 1. The molecular weight excluding hydrogens is 404 g/mol. The summed E-state index contributed by atoms with van der Waals surface area (Å²) >= 11 is 0. The molecule has 0 bridgehead atoms. The van der Waals surface area contributed by atoms with E-state index in [1.165, 1.54) is 22.2 Å². The molecule has 1 aromatic heterocycles. The van der Waals surface area contributed by atoms with Gasteiger partial charge in [0.05, 0.1) is 17.7 Å². The largest absolute Gasteiger partial charge is 0.497 e. The monoisotopic (exact) mass is 426 g/mol. The minimum atomic E-state index is -3.57. The number of ether oxygens (including phenoxy) is 1. The van der Waals surface area contributed by atoms with Crippen LogP contribution in [0.5, 0.6) is 5.75 Å². The third kappa shape index (κ3) is 3.94. The van der Waals surface area contributed by atoms with E-state index in [0.29, 0.717) is 43.4 Å². The zero-order valence-electron chi connectivity index (χ0n) is 16.5. The lowest BCUT2D eigenvalue weighted by molar-refractivity contribution is 0.383. The summed E-state index contributed by atoms with van der Waals surface area (Å²) in [6.07, 6.45) is 0. The number of sulfonamides is 1. The average Bonchev–Trinajstić information content (AvgIpc) is 2.80. The smallest absolute Gasteiger partial charge is 0.271 e. The highest BCUT2D eigenvalue weighted by Gasteiger charge is 2.29. The molecule has 0 spiro atoms. The molecule has 9 heteroatoms. The van der Waals surface area contributed by atoms with E-state index in [9.17, 15) is 13.2 Å². The normalized spacial score (nSPS) is 15.2. The zero-order chi connectivity index (χ0) is 21.1. The minimum Gasteiger partial charge on any atom is -0.497 e. The van der Waals surface area contributed by atoms with Crippen molar-refractivity contribution in [2.45, 2.75) is 4.90 Å². The molecular formula is C21H22N4O4S. The molecule has 0 saturated carbocycles. The molecule has 156 valence electrons. The van der Waals surface area contributed by atoms with E-state index in [1.807, 2.05) is 35.2 Å². The minimum absolute atomic E-state index is 0.217. The Hall–Kier alpha value is -3.17. The standard InChI is InChI=1S/C21H22N4O4S/c1-29-18-7-9-19(10-8-18)30(27,28)24-15-13-23(14-16-24)20-11-12-21(26)25(22-20)17-5-3-2-4-6-17/h2-12H,13-16H2,1H3. The predicted octanol–water partition coefficient (Wildman–Crippen LogP) is 1.75. The molecule has 0 amide bonds. The number of hydrogen-bond acceptors (Lipinski definition) is 6. The van der Waals surface area contributed by atoms with Gasteiger partial charge in [-0.1, -0.05) is 18.2 Å². The van der Waals surface area contributed by atoms with Gasteiger partial charge in [-0.3, -0.25) is 4.79 Å². The van der Waals surface area contributed by atoms with Crippen molar-refractivity contribution in [3.8, 4) is 11.4 Å². The van der Waals surface area contributed by atoms with Gasteiger partial charge in [-0.25, -0.2) is 8.42 Å². The third-order valence-corrected chi connectivity index (χ3v) is 6.96. The Kier molecular flexibility index (Phi) is 5.56. The van der Waals surface area contributed by atoms with Gasteiger partial charge in [-0.2, -0.15) is 8.99 Å². The molecule has 3 aromatic rings. The lowest BCUT2D eigenvalue weighted by Gasteiger charge is -2.34. The first kappa shape index (κ1) is 20.1. The molecule has 1 fully saturated rings. The quantitative estimate of drug-likeness (QED) is 0.618. The number of nitrogens with zero attached hydrogens (tertiary/aromatic N) is 4. The average molecular weight is 426 g/mol. The van der Waals surface area contributed by atoms with Crippen LogP contribution in [0.15, 0.2) is 76.4 Å². The fourth-order valence-electron chi connectivity index (χ4n) is 3.38. The van der Waals surface area contributed by atoms with E-state index in [1.54, 1.807) is 30.3 Å². The van der Waals surface area contributed by atoms with Gasteiger partial charge in [0.1, 0.15) is 11.6 Å². The molecule has 0 radical (unpaired) electrons. The van der Waals surface area contributed by atoms with E-state index >= 15 is 0 Å². The van der Waals surface area contributed by atoms with Crippen LogP contribution >= 0.6 is 0 Å². The van der Waals surface area contributed by atoms with Gasteiger partial charge in [-0.15, -0.1) is 5.10 Å². The highest BCUT2D eigenvalue weighted by atomic mass is 32.2. The summed E-state index contributed by atoms with van der Waals surface area (Å²) in [5.41, 5.74) is 0.468. The summed E-state index contributed by atoms with van der Waals surface area (Å²) in [5, 5.41) is 4.48. The first-order chi connectivity index (χ1) is 14.5. The van der Waals surface area contributed by atoms with E-state index in [4.69, 9.17) is 4.74 Å². The summed E-state index contributed by atoms with van der Waals surface area (Å²) in [4.78, 5) is 14.5. The van der Waals surface area contributed by atoms with Crippen molar-refractivity contribution in [3.05, 3.63) is 77.1 Å². The summed E-state index contributed by atoms with van der Waals surface area (Å²) < 4.78 is 33.8. The van der Waals surface area contributed by atoms with Crippen LogP contribution in [0.1, 0.15) is 0 Å². The molecule has 0 N–H and O–H groups in total. The maximum absolute atomic E-state index is 12.9. The van der Waals surface area contributed by atoms with Crippen molar-refractivity contribution in [1.29, 1.82) is 0 Å².